The molecule has 1 aromatic heterocycles. The first-order valence-electron chi connectivity index (χ1n) is 6.44. The largest absolute Gasteiger partial charge is 0.379 e. The molecule has 1 aliphatic rings. The van der Waals surface area contributed by atoms with E-state index in [0.717, 1.165) is 11.4 Å². The summed E-state index contributed by atoms with van der Waals surface area (Å²) in [5.74, 6) is 0.761. The maximum absolute atomic E-state index is 12.2. The number of ether oxygens (including phenoxy) is 1. The van der Waals surface area contributed by atoms with E-state index in [-0.39, 0.29) is 6.54 Å². The molecule has 0 atom stereocenters. The van der Waals surface area contributed by atoms with Crippen LogP contribution in [0.1, 0.15) is 5.56 Å². The molecule has 1 aliphatic heterocycles. The predicted molar refractivity (Wildman–Crippen MR) is 76.7 cm³/mol. The van der Waals surface area contributed by atoms with E-state index >= 15 is 0 Å². The zero-order valence-corrected chi connectivity index (χ0v) is 12.6. The van der Waals surface area contributed by atoms with Crippen LogP contribution in [0.25, 0.3) is 0 Å². The first-order valence-corrected chi connectivity index (χ1v) is 7.88. The van der Waals surface area contributed by atoms with E-state index < -0.39 is 10.2 Å². The van der Waals surface area contributed by atoms with Gasteiger partial charge in [-0.3, -0.25) is 0 Å². The van der Waals surface area contributed by atoms with Gasteiger partial charge in [0.2, 0.25) is 0 Å². The third-order valence-corrected chi connectivity index (χ3v) is 4.60. The highest BCUT2D eigenvalue weighted by Crippen LogP contribution is 2.14. The quantitative estimate of drug-likeness (QED) is 0.816. The lowest BCUT2D eigenvalue weighted by molar-refractivity contribution is 0.0725. The number of aromatic nitrogens is 1. The molecule has 1 fully saturated rings. The Morgan fingerprint density at radius 1 is 1.40 bits per heavy atom. The SMILES string of the molecule is CN(C)c1ncccc1CNS(=O)(=O)N1CCOCC1. The number of nitrogens with one attached hydrogen (secondary N) is 1. The van der Waals surface area contributed by atoms with Gasteiger partial charge >= 0.3 is 0 Å². The van der Waals surface area contributed by atoms with Crippen molar-refractivity contribution in [1.29, 1.82) is 0 Å². The van der Waals surface area contributed by atoms with Crippen molar-refractivity contribution in [3.05, 3.63) is 23.9 Å². The van der Waals surface area contributed by atoms with E-state index in [9.17, 15) is 8.42 Å². The van der Waals surface area contributed by atoms with Crippen LogP contribution >= 0.6 is 0 Å². The molecule has 0 saturated carbocycles. The van der Waals surface area contributed by atoms with Crippen molar-refractivity contribution >= 4 is 16.0 Å². The zero-order valence-electron chi connectivity index (χ0n) is 11.7. The first kappa shape index (κ1) is 15.2. The van der Waals surface area contributed by atoms with Gasteiger partial charge in [-0.2, -0.15) is 17.4 Å². The van der Waals surface area contributed by atoms with E-state index in [1.165, 1.54) is 4.31 Å². The topological polar surface area (TPSA) is 74.8 Å². The van der Waals surface area contributed by atoms with Crippen molar-refractivity contribution < 1.29 is 13.2 Å². The molecule has 0 aliphatic carbocycles. The number of hydrogen-bond donors (Lipinski definition) is 1. The van der Waals surface area contributed by atoms with Crippen molar-refractivity contribution in [2.24, 2.45) is 0 Å². The van der Waals surface area contributed by atoms with Gasteiger partial charge in [-0.25, -0.2) is 4.98 Å². The normalized spacial score (nSPS) is 17.1. The van der Waals surface area contributed by atoms with Crippen LogP contribution < -0.4 is 9.62 Å². The Labute approximate surface area is 119 Å². The van der Waals surface area contributed by atoms with Crippen LogP contribution in [-0.2, 0) is 21.5 Å². The number of anilines is 1. The molecule has 112 valence electrons. The molecule has 20 heavy (non-hydrogen) atoms. The van der Waals surface area contributed by atoms with Gasteiger partial charge in [-0.1, -0.05) is 6.07 Å². The number of rotatable bonds is 5. The monoisotopic (exact) mass is 300 g/mol. The fourth-order valence-electron chi connectivity index (χ4n) is 2.02. The molecule has 7 nitrogen and oxygen atoms in total. The summed E-state index contributed by atoms with van der Waals surface area (Å²) in [6.45, 7) is 1.89. The Balaban J connectivity index is 2.04. The van der Waals surface area contributed by atoms with Crippen molar-refractivity contribution in [3.8, 4) is 0 Å². The van der Waals surface area contributed by atoms with Crippen LogP contribution in [0.5, 0.6) is 0 Å². The maximum Gasteiger partial charge on any atom is 0.279 e. The van der Waals surface area contributed by atoms with Crippen LogP contribution in [0.2, 0.25) is 0 Å². The van der Waals surface area contributed by atoms with Crippen LogP contribution in [0.4, 0.5) is 5.82 Å². The van der Waals surface area contributed by atoms with Gasteiger partial charge in [-0.15, -0.1) is 0 Å². The average molecular weight is 300 g/mol. The van der Waals surface area contributed by atoms with Gasteiger partial charge in [0.25, 0.3) is 10.2 Å². The second-order valence-electron chi connectivity index (χ2n) is 4.72. The highest BCUT2D eigenvalue weighted by atomic mass is 32.2. The Morgan fingerprint density at radius 3 is 2.75 bits per heavy atom. The number of pyridine rings is 1. The Kier molecular flexibility index (Phi) is 4.92. The standard InChI is InChI=1S/C12H20N4O3S/c1-15(2)12-11(4-3-5-13-12)10-14-20(17,18)16-6-8-19-9-7-16/h3-5,14H,6-10H2,1-2H3. The van der Waals surface area contributed by atoms with Gasteiger partial charge < -0.3 is 9.64 Å². The summed E-state index contributed by atoms with van der Waals surface area (Å²) in [7, 11) is 0.288. The molecule has 8 heteroatoms. The number of nitrogens with zero attached hydrogens (tertiary/aromatic N) is 3. The van der Waals surface area contributed by atoms with Gasteiger partial charge in [-0.05, 0) is 6.07 Å². The second kappa shape index (κ2) is 6.49. The summed E-state index contributed by atoms with van der Waals surface area (Å²) in [5.41, 5.74) is 0.842. The zero-order chi connectivity index (χ0) is 14.6. The number of morpholine rings is 1. The molecule has 2 heterocycles. The molecule has 2 rings (SSSR count). The predicted octanol–water partition coefficient (Wildman–Crippen LogP) is -0.186. The van der Waals surface area contributed by atoms with Crippen molar-refractivity contribution in [1.82, 2.24) is 14.0 Å². The molecule has 1 N–H and O–H groups in total. The summed E-state index contributed by atoms with van der Waals surface area (Å²) in [4.78, 5) is 6.11. The molecule has 0 radical (unpaired) electrons. The van der Waals surface area contributed by atoms with E-state index in [1.54, 1.807) is 12.3 Å². The van der Waals surface area contributed by atoms with Gasteiger partial charge in [0, 0.05) is 45.5 Å². The lowest BCUT2D eigenvalue weighted by atomic mass is 10.2. The fourth-order valence-corrected chi connectivity index (χ4v) is 3.17. The smallest absolute Gasteiger partial charge is 0.279 e. The van der Waals surface area contributed by atoms with Gasteiger partial charge in [0.1, 0.15) is 5.82 Å². The fraction of sp³-hybridized carbons (Fsp3) is 0.583. The van der Waals surface area contributed by atoms with Crippen LogP contribution in [0.15, 0.2) is 18.3 Å². The summed E-state index contributed by atoms with van der Waals surface area (Å²) < 4.78 is 33.5. The van der Waals surface area contributed by atoms with Crippen molar-refractivity contribution in [2.45, 2.75) is 6.54 Å². The minimum atomic E-state index is -3.47. The highest BCUT2D eigenvalue weighted by Gasteiger charge is 2.24. The molecule has 0 spiro atoms. The molecule has 0 amide bonds. The first-order chi connectivity index (χ1) is 9.50. The minimum Gasteiger partial charge on any atom is -0.379 e. The third kappa shape index (κ3) is 3.66. The summed E-state index contributed by atoms with van der Waals surface area (Å²) in [6.07, 6.45) is 1.69. The minimum absolute atomic E-state index is 0.223. The lowest BCUT2D eigenvalue weighted by Gasteiger charge is -2.26. The molecule has 1 saturated heterocycles. The lowest BCUT2D eigenvalue weighted by Crippen LogP contribution is -2.46. The Bertz CT molecular complexity index is 541. The van der Waals surface area contributed by atoms with Crippen LogP contribution in [-0.4, -0.2) is 58.1 Å². The molecule has 0 unspecified atom stereocenters. The average Bonchev–Trinajstić information content (AvgIpc) is 2.46. The molecule has 0 bridgehead atoms. The third-order valence-electron chi connectivity index (χ3n) is 3.05. The summed E-state index contributed by atoms with van der Waals surface area (Å²) in [6, 6.07) is 3.66. The van der Waals surface area contributed by atoms with Crippen molar-refractivity contribution in [2.75, 3.05) is 45.3 Å². The van der Waals surface area contributed by atoms with E-state index in [0.29, 0.717) is 26.3 Å². The Morgan fingerprint density at radius 2 is 2.10 bits per heavy atom. The van der Waals surface area contributed by atoms with E-state index in [1.807, 2.05) is 25.1 Å². The van der Waals surface area contributed by atoms with Crippen LogP contribution in [0.3, 0.4) is 0 Å². The van der Waals surface area contributed by atoms with Crippen molar-refractivity contribution in [3.63, 3.8) is 0 Å². The van der Waals surface area contributed by atoms with Crippen LogP contribution in [0, 0.1) is 0 Å². The summed E-state index contributed by atoms with van der Waals surface area (Å²) >= 11 is 0. The molecular formula is C12H20N4O3S. The Hall–Kier alpha value is -1.22. The molecule has 0 aromatic carbocycles. The van der Waals surface area contributed by atoms with Gasteiger partial charge in [0.15, 0.2) is 0 Å². The number of hydrogen-bond acceptors (Lipinski definition) is 5. The summed E-state index contributed by atoms with van der Waals surface area (Å²) in [5, 5.41) is 0. The van der Waals surface area contributed by atoms with Gasteiger partial charge in [0.05, 0.1) is 13.2 Å². The van der Waals surface area contributed by atoms with E-state index in [2.05, 4.69) is 9.71 Å². The molecule has 1 aromatic rings. The highest BCUT2D eigenvalue weighted by molar-refractivity contribution is 7.87. The molecular weight excluding hydrogens is 280 g/mol. The second-order valence-corrected chi connectivity index (χ2v) is 6.47. The maximum atomic E-state index is 12.2. The van der Waals surface area contributed by atoms with E-state index in [4.69, 9.17) is 4.74 Å².